The highest BCUT2D eigenvalue weighted by Gasteiger charge is 2.32. The van der Waals surface area contributed by atoms with Gasteiger partial charge in [-0.25, -0.2) is 0 Å². The van der Waals surface area contributed by atoms with Gasteiger partial charge < -0.3 is 0 Å². The molecule has 0 aromatic heterocycles. The van der Waals surface area contributed by atoms with Crippen molar-refractivity contribution < 1.29 is 0 Å². The van der Waals surface area contributed by atoms with Gasteiger partial charge in [0.2, 0.25) is 0 Å². The van der Waals surface area contributed by atoms with Crippen LogP contribution >= 0.6 is 0 Å². The van der Waals surface area contributed by atoms with Crippen LogP contribution in [0.25, 0.3) is 0 Å². The Kier molecular flexibility index (Phi) is 4.49. The van der Waals surface area contributed by atoms with Gasteiger partial charge in [0.25, 0.3) is 0 Å². The fourth-order valence-corrected chi connectivity index (χ4v) is 2.83. The van der Waals surface area contributed by atoms with E-state index < -0.39 is 0 Å². The Bertz CT molecular complexity index is 730. The summed E-state index contributed by atoms with van der Waals surface area (Å²) in [6.07, 6.45) is 7.31. The third-order valence-electron chi connectivity index (χ3n) is 4.26. The molecule has 0 saturated heterocycles. The number of allylic oxidation sites excluding steroid dienone is 1. The molecule has 1 aliphatic carbocycles. The van der Waals surface area contributed by atoms with Gasteiger partial charge in [0.05, 0.1) is 16.9 Å². The summed E-state index contributed by atoms with van der Waals surface area (Å²) in [6.45, 7) is 0. The molecule has 0 aliphatic heterocycles. The molecular formula is C20H21N3. The minimum Gasteiger partial charge on any atom is -0.296 e. The van der Waals surface area contributed by atoms with Gasteiger partial charge in [0.1, 0.15) is 0 Å². The number of benzene rings is 2. The second-order valence-corrected chi connectivity index (χ2v) is 5.89. The van der Waals surface area contributed by atoms with Gasteiger partial charge in [-0.3, -0.25) is 4.90 Å². The summed E-state index contributed by atoms with van der Waals surface area (Å²) in [5.74, 6) is 0. The number of likely N-dealkylation sites (N-methyl/N-ethyl adjacent to an activating group) is 1. The van der Waals surface area contributed by atoms with Gasteiger partial charge in [-0.05, 0) is 44.3 Å². The highest BCUT2D eigenvalue weighted by molar-refractivity contribution is 5.39. The van der Waals surface area contributed by atoms with E-state index in [-0.39, 0.29) is 5.54 Å². The normalized spacial score (nSPS) is 20.9. The first kappa shape index (κ1) is 15.4. The van der Waals surface area contributed by atoms with E-state index in [1.54, 1.807) is 0 Å². The Labute approximate surface area is 137 Å². The molecule has 23 heavy (non-hydrogen) atoms. The molecule has 3 rings (SSSR count). The quantitative estimate of drug-likeness (QED) is 0.725. The summed E-state index contributed by atoms with van der Waals surface area (Å²) in [7, 11) is 4.23. The monoisotopic (exact) mass is 303 g/mol. The van der Waals surface area contributed by atoms with E-state index in [0.29, 0.717) is 0 Å². The van der Waals surface area contributed by atoms with Crippen LogP contribution in [0.4, 0.5) is 5.69 Å². The fraction of sp³-hybridized carbons (Fsp3) is 0.200. The zero-order valence-corrected chi connectivity index (χ0v) is 13.6. The number of nitrogens with zero attached hydrogens (tertiary/aromatic N) is 3. The van der Waals surface area contributed by atoms with Crippen LogP contribution in [0, 0.1) is 0 Å². The molecular weight excluding hydrogens is 282 g/mol. The topological polar surface area (TPSA) is 28.0 Å². The van der Waals surface area contributed by atoms with Crippen LogP contribution in [0.15, 0.2) is 94.8 Å². The average Bonchev–Trinajstić information content (AvgIpc) is 2.62. The number of rotatable bonds is 4. The predicted octanol–water partition coefficient (Wildman–Crippen LogP) is 5.07. The molecule has 0 fully saturated rings. The van der Waals surface area contributed by atoms with Crippen LogP contribution in [-0.2, 0) is 5.54 Å². The smallest absolute Gasteiger partial charge is 0.0857 e. The fourth-order valence-electron chi connectivity index (χ4n) is 2.83. The Balaban J connectivity index is 1.81. The highest BCUT2D eigenvalue weighted by Crippen LogP contribution is 2.36. The van der Waals surface area contributed by atoms with Crippen molar-refractivity contribution >= 4 is 5.69 Å². The molecule has 1 unspecified atom stereocenters. The van der Waals surface area contributed by atoms with Gasteiger partial charge in [0.15, 0.2) is 0 Å². The number of hydrogen-bond donors (Lipinski definition) is 0. The molecule has 116 valence electrons. The van der Waals surface area contributed by atoms with Crippen molar-refractivity contribution in [3.8, 4) is 0 Å². The predicted molar refractivity (Wildman–Crippen MR) is 94.6 cm³/mol. The molecule has 3 heteroatoms. The molecule has 0 bridgehead atoms. The molecule has 0 saturated carbocycles. The molecule has 0 heterocycles. The lowest BCUT2D eigenvalue weighted by Gasteiger charge is -2.39. The Morgan fingerprint density at radius 2 is 1.52 bits per heavy atom. The first-order chi connectivity index (χ1) is 11.2. The Morgan fingerprint density at radius 1 is 0.870 bits per heavy atom. The van der Waals surface area contributed by atoms with Gasteiger partial charge >= 0.3 is 0 Å². The van der Waals surface area contributed by atoms with Crippen molar-refractivity contribution in [1.29, 1.82) is 0 Å². The highest BCUT2D eigenvalue weighted by atomic mass is 15.1. The minimum atomic E-state index is -0.118. The molecule has 0 N–H and O–H groups in total. The first-order valence-electron chi connectivity index (χ1n) is 7.80. The summed E-state index contributed by atoms with van der Waals surface area (Å²) in [6, 6.07) is 20.4. The zero-order valence-electron chi connectivity index (χ0n) is 13.6. The van der Waals surface area contributed by atoms with Crippen molar-refractivity contribution in [3.05, 3.63) is 90.2 Å². The zero-order chi connectivity index (χ0) is 16.1. The molecule has 1 aliphatic rings. The van der Waals surface area contributed by atoms with Crippen LogP contribution in [-0.4, -0.2) is 19.0 Å². The van der Waals surface area contributed by atoms with Crippen molar-refractivity contribution in [2.24, 2.45) is 10.2 Å². The number of azo groups is 1. The number of hydrogen-bond acceptors (Lipinski definition) is 3. The van der Waals surface area contributed by atoms with Crippen molar-refractivity contribution in [2.45, 2.75) is 12.0 Å². The van der Waals surface area contributed by atoms with E-state index >= 15 is 0 Å². The first-order valence-corrected chi connectivity index (χ1v) is 7.80. The molecule has 2 aromatic carbocycles. The van der Waals surface area contributed by atoms with Gasteiger partial charge in [0, 0.05) is 0 Å². The lowest BCUT2D eigenvalue weighted by atomic mass is 9.82. The molecule has 1 atom stereocenters. The third-order valence-corrected chi connectivity index (χ3v) is 4.26. The van der Waals surface area contributed by atoms with Crippen LogP contribution in [0.3, 0.4) is 0 Å². The maximum atomic E-state index is 4.35. The molecule has 3 nitrogen and oxygen atoms in total. The molecule has 0 spiro atoms. The van der Waals surface area contributed by atoms with Gasteiger partial charge in [-0.15, -0.1) is 0 Å². The minimum absolute atomic E-state index is 0.118. The van der Waals surface area contributed by atoms with E-state index in [1.807, 2.05) is 30.3 Å². The molecule has 0 amide bonds. The standard InChI is InChI=1S/C20H21N3/c1-23(2)20(17-9-5-3-6-10-17)15-13-19(14-16-20)22-21-18-11-7-4-8-12-18/h3-15H,16H2,1-2H3. The summed E-state index contributed by atoms with van der Waals surface area (Å²) in [4.78, 5) is 2.25. The lowest BCUT2D eigenvalue weighted by Crippen LogP contribution is -2.40. The van der Waals surface area contributed by atoms with E-state index in [0.717, 1.165) is 17.8 Å². The van der Waals surface area contributed by atoms with Crippen molar-refractivity contribution in [1.82, 2.24) is 4.90 Å². The maximum absolute atomic E-state index is 4.35. The second kappa shape index (κ2) is 6.71. The molecule has 2 aromatic rings. The Morgan fingerprint density at radius 3 is 2.09 bits per heavy atom. The summed E-state index contributed by atoms with van der Waals surface area (Å²) in [5, 5.41) is 8.64. The summed E-state index contributed by atoms with van der Waals surface area (Å²) >= 11 is 0. The van der Waals surface area contributed by atoms with Crippen LogP contribution < -0.4 is 0 Å². The van der Waals surface area contributed by atoms with Crippen LogP contribution in [0.1, 0.15) is 12.0 Å². The van der Waals surface area contributed by atoms with Crippen LogP contribution in [0.2, 0.25) is 0 Å². The van der Waals surface area contributed by atoms with Gasteiger partial charge in [-0.1, -0.05) is 60.7 Å². The van der Waals surface area contributed by atoms with Gasteiger partial charge in [-0.2, -0.15) is 10.2 Å². The van der Waals surface area contributed by atoms with E-state index in [4.69, 9.17) is 0 Å². The second-order valence-electron chi connectivity index (χ2n) is 5.89. The lowest BCUT2D eigenvalue weighted by molar-refractivity contribution is 0.209. The summed E-state index contributed by atoms with van der Waals surface area (Å²) < 4.78 is 0. The largest absolute Gasteiger partial charge is 0.296 e. The average molecular weight is 303 g/mol. The van der Waals surface area contributed by atoms with E-state index in [9.17, 15) is 0 Å². The SMILES string of the molecule is CN(C)C1(c2ccccc2)C=CC(N=Nc2ccccc2)=CC1. The summed E-state index contributed by atoms with van der Waals surface area (Å²) in [5.41, 5.74) is 2.95. The van der Waals surface area contributed by atoms with E-state index in [1.165, 1.54) is 5.56 Å². The third kappa shape index (κ3) is 3.30. The maximum Gasteiger partial charge on any atom is 0.0857 e. The Hall–Kier alpha value is -2.52. The molecule has 0 radical (unpaired) electrons. The van der Waals surface area contributed by atoms with E-state index in [2.05, 4.69) is 77.8 Å². The van der Waals surface area contributed by atoms with Crippen molar-refractivity contribution in [3.63, 3.8) is 0 Å². The van der Waals surface area contributed by atoms with Crippen molar-refractivity contribution in [2.75, 3.05) is 14.1 Å². The van der Waals surface area contributed by atoms with Crippen LogP contribution in [0.5, 0.6) is 0 Å².